The van der Waals surface area contributed by atoms with Crippen LogP contribution in [0.2, 0.25) is 0 Å². The van der Waals surface area contributed by atoms with Crippen LogP contribution in [0.3, 0.4) is 0 Å². The Morgan fingerprint density at radius 3 is 2.40 bits per heavy atom. The maximum Gasteiger partial charge on any atom is 0.00817 e. The van der Waals surface area contributed by atoms with Crippen molar-refractivity contribution in [1.29, 1.82) is 0 Å². The number of rotatable bonds is 5. The Bertz CT molecular complexity index is 293. The number of aryl methyl sites for hydroxylation is 1. The number of nitrogens with one attached hydrogen (secondary N) is 1. The van der Waals surface area contributed by atoms with Crippen LogP contribution in [-0.4, -0.2) is 12.1 Å². The second-order valence-corrected chi connectivity index (χ2v) is 4.51. The molecule has 1 nitrogen and oxygen atoms in total. The summed E-state index contributed by atoms with van der Waals surface area (Å²) in [5.74, 6) is 0. The van der Waals surface area contributed by atoms with Crippen molar-refractivity contribution in [3.8, 4) is 0 Å². The zero-order chi connectivity index (χ0) is 11.3. The third-order valence-corrected chi connectivity index (χ3v) is 2.97. The van der Waals surface area contributed by atoms with E-state index in [0.29, 0.717) is 12.1 Å². The zero-order valence-electron chi connectivity index (χ0n) is 10.4. The molecule has 0 fully saturated rings. The van der Waals surface area contributed by atoms with Crippen molar-refractivity contribution in [2.45, 2.75) is 52.6 Å². The first-order valence-electron chi connectivity index (χ1n) is 5.94. The molecule has 1 aromatic carbocycles. The summed E-state index contributed by atoms with van der Waals surface area (Å²) in [6, 6.07) is 9.81. The summed E-state index contributed by atoms with van der Waals surface area (Å²) in [5.41, 5.74) is 2.86. The van der Waals surface area contributed by atoms with Crippen LogP contribution in [0, 0.1) is 6.92 Å². The van der Waals surface area contributed by atoms with Gasteiger partial charge in [-0.2, -0.15) is 0 Å². The summed E-state index contributed by atoms with van der Waals surface area (Å²) in [7, 11) is 0. The van der Waals surface area contributed by atoms with E-state index in [-0.39, 0.29) is 0 Å². The monoisotopic (exact) mass is 205 g/mol. The molecule has 1 rings (SSSR count). The Morgan fingerprint density at radius 2 is 1.80 bits per heavy atom. The standard InChI is InChI=1S/C14H23N/c1-5-12(3)15-13(4)10-14-9-7-6-8-11(14)2/h6-9,12-13,15H,5,10H2,1-4H3. The third kappa shape index (κ3) is 4.05. The van der Waals surface area contributed by atoms with Gasteiger partial charge in [0, 0.05) is 12.1 Å². The topological polar surface area (TPSA) is 12.0 Å². The second-order valence-electron chi connectivity index (χ2n) is 4.51. The highest BCUT2D eigenvalue weighted by Crippen LogP contribution is 2.10. The molecule has 0 aromatic heterocycles. The lowest BCUT2D eigenvalue weighted by Crippen LogP contribution is -2.35. The average molecular weight is 205 g/mol. The molecule has 2 atom stereocenters. The summed E-state index contributed by atoms with van der Waals surface area (Å²) >= 11 is 0. The lowest BCUT2D eigenvalue weighted by molar-refractivity contribution is 0.455. The molecule has 0 heterocycles. The van der Waals surface area contributed by atoms with Gasteiger partial charge in [0.15, 0.2) is 0 Å². The van der Waals surface area contributed by atoms with Crippen molar-refractivity contribution >= 4 is 0 Å². The molecule has 0 bridgehead atoms. The molecule has 0 saturated carbocycles. The molecule has 84 valence electrons. The van der Waals surface area contributed by atoms with Crippen LogP contribution in [0.1, 0.15) is 38.3 Å². The Hall–Kier alpha value is -0.820. The molecule has 0 aliphatic rings. The van der Waals surface area contributed by atoms with Gasteiger partial charge in [0.05, 0.1) is 0 Å². The predicted molar refractivity (Wildman–Crippen MR) is 67.2 cm³/mol. The van der Waals surface area contributed by atoms with E-state index in [1.165, 1.54) is 17.5 Å². The van der Waals surface area contributed by atoms with E-state index in [4.69, 9.17) is 0 Å². The van der Waals surface area contributed by atoms with Gasteiger partial charge in [-0.05, 0) is 44.7 Å². The van der Waals surface area contributed by atoms with Gasteiger partial charge in [-0.3, -0.25) is 0 Å². The number of hydrogen-bond donors (Lipinski definition) is 1. The largest absolute Gasteiger partial charge is 0.311 e. The van der Waals surface area contributed by atoms with Gasteiger partial charge in [-0.25, -0.2) is 0 Å². The first-order valence-corrected chi connectivity index (χ1v) is 5.94. The van der Waals surface area contributed by atoms with Crippen LogP contribution in [0.25, 0.3) is 0 Å². The van der Waals surface area contributed by atoms with Crippen LogP contribution in [0.4, 0.5) is 0 Å². The van der Waals surface area contributed by atoms with E-state index in [1.807, 2.05) is 0 Å². The second kappa shape index (κ2) is 5.92. The van der Waals surface area contributed by atoms with Crippen molar-refractivity contribution in [2.75, 3.05) is 0 Å². The highest BCUT2D eigenvalue weighted by Gasteiger charge is 2.07. The average Bonchev–Trinajstić information content (AvgIpc) is 2.21. The molecule has 1 heteroatoms. The molecule has 2 unspecified atom stereocenters. The molecule has 0 aliphatic heterocycles. The fourth-order valence-corrected chi connectivity index (χ4v) is 1.83. The zero-order valence-corrected chi connectivity index (χ0v) is 10.4. The van der Waals surface area contributed by atoms with Gasteiger partial charge < -0.3 is 5.32 Å². The van der Waals surface area contributed by atoms with Crippen molar-refractivity contribution in [1.82, 2.24) is 5.32 Å². The SMILES string of the molecule is CCC(C)NC(C)Cc1ccccc1C. The van der Waals surface area contributed by atoms with Gasteiger partial charge in [-0.1, -0.05) is 31.2 Å². The van der Waals surface area contributed by atoms with Crippen molar-refractivity contribution in [2.24, 2.45) is 0 Å². The molecule has 1 aromatic rings. The molecule has 15 heavy (non-hydrogen) atoms. The van der Waals surface area contributed by atoms with Gasteiger partial charge in [0.2, 0.25) is 0 Å². The lowest BCUT2D eigenvalue weighted by Gasteiger charge is -2.19. The highest BCUT2D eigenvalue weighted by atomic mass is 14.9. The maximum atomic E-state index is 3.61. The van der Waals surface area contributed by atoms with Gasteiger partial charge in [0.25, 0.3) is 0 Å². The first-order chi connectivity index (χ1) is 7.13. The van der Waals surface area contributed by atoms with E-state index >= 15 is 0 Å². The van der Waals surface area contributed by atoms with Gasteiger partial charge in [0.1, 0.15) is 0 Å². The van der Waals surface area contributed by atoms with Crippen molar-refractivity contribution < 1.29 is 0 Å². The van der Waals surface area contributed by atoms with Gasteiger partial charge >= 0.3 is 0 Å². The molecule has 0 saturated heterocycles. The summed E-state index contributed by atoms with van der Waals surface area (Å²) in [6.07, 6.45) is 2.31. The van der Waals surface area contributed by atoms with Crippen LogP contribution < -0.4 is 5.32 Å². The minimum atomic E-state index is 0.557. The summed E-state index contributed by atoms with van der Waals surface area (Å²) in [6.45, 7) is 8.91. The molecule has 1 N–H and O–H groups in total. The molecular formula is C14H23N. The Kier molecular flexibility index (Phi) is 4.83. The van der Waals surface area contributed by atoms with E-state index in [9.17, 15) is 0 Å². The molecular weight excluding hydrogens is 182 g/mol. The minimum Gasteiger partial charge on any atom is -0.311 e. The molecule has 0 spiro atoms. The fourth-order valence-electron chi connectivity index (χ4n) is 1.83. The lowest BCUT2D eigenvalue weighted by atomic mass is 10.0. The Labute approximate surface area is 93.9 Å². The van der Waals surface area contributed by atoms with E-state index < -0.39 is 0 Å². The van der Waals surface area contributed by atoms with Crippen molar-refractivity contribution in [3.63, 3.8) is 0 Å². The summed E-state index contributed by atoms with van der Waals surface area (Å²) < 4.78 is 0. The highest BCUT2D eigenvalue weighted by molar-refractivity contribution is 5.26. The van der Waals surface area contributed by atoms with Crippen LogP contribution >= 0.6 is 0 Å². The normalized spacial score (nSPS) is 14.9. The summed E-state index contributed by atoms with van der Waals surface area (Å²) in [5, 5.41) is 3.61. The number of hydrogen-bond acceptors (Lipinski definition) is 1. The maximum absolute atomic E-state index is 3.61. The molecule has 0 amide bonds. The summed E-state index contributed by atoms with van der Waals surface area (Å²) in [4.78, 5) is 0. The van der Waals surface area contributed by atoms with E-state index in [1.54, 1.807) is 0 Å². The van der Waals surface area contributed by atoms with E-state index in [0.717, 1.165) is 6.42 Å². The molecule has 0 radical (unpaired) electrons. The third-order valence-electron chi connectivity index (χ3n) is 2.97. The quantitative estimate of drug-likeness (QED) is 0.777. The molecule has 0 aliphatic carbocycles. The first kappa shape index (κ1) is 12.3. The van der Waals surface area contributed by atoms with Crippen LogP contribution in [0.15, 0.2) is 24.3 Å². The Balaban J connectivity index is 2.51. The minimum absolute atomic E-state index is 0.557. The van der Waals surface area contributed by atoms with Crippen molar-refractivity contribution in [3.05, 3.63) is 35.4 Å². The van der Waals surface area contributed by atoms with E-state index in [2.05, 4.69) is 57.3 Å². The van der Waals surface area contributed by atoms with Crippen LogP contribution in [-0.2, 0) is 6.42 Å². The smallest absolute Gasteiger partial charge is 0.00817 e. The Morgan fingerprint density at radius 1 is 1.13 bits per heavy atom. The van der Waals surface area contributed by atoms with Gasteiger partial charge in [-0.15, -0.1) is 0 Å². The predicted octanol–water partition coefficient (Wildman–Crippen LogP) is 3.31. The number of benzene rings is 1. The fraction of sp³-hybridized carbons (Fsp3) is 0.571. The van der Waals surface area contributed by atoms with Crippen LogP contribution in [0.5, 0.6) is 0 Å².